The van der Waals surface area contributed by atoms with Gasteiger partial charge in [-0.25, -0.2) is 0 Å². The molecule has 178 valence electrons. The smallest absolute Gasteiger partial charge is 0.119 e. The molecule has 1 aliphatic carbocycles. The van der Waals surface area contributed by atoms with E-state index in [0.717, 1.165) is 64.2 Å². The number of hydrogen-bond donors (Lipinski definition) is 1. The highest BCUT2D eigenvalue weighted by atomic mass is 35.5. The minimum Gasteiger partial charge on any atom is -0.489 e. The van der Waals surface area contributed by atoms with Gasteiger partial charge in [0.1, 0.15) is 12.4 Å². The van der Waals surface area contributed by atoms with Crippen LogP contribution in [0.3, 0.4) is 0 Å². The van der Waals surface area contributed by atoms with Gasteiger partial charge in [0.05, 0.1) is 5.60 Å². The molecule has 0 aromatic heterocycles. The molecule has 1 saturated heterocycles. The lowest BCUT2D eigenvalue weighted by molar-refractivity contribution is -0.0337. The second kappa shape index (κ2) is 12.8. The third-order valence-electron chi connectivity index (χ3n) is 6.94. The molecule has 0 amide bonds. The monoisotopic (exact) mass is 480 g/mol. The molecule has 4 rings (SSSR count). The Hall–Kier alpha value is -1.30. The zero-order valence-electron chi connectivity index (χ0n) is 19.1. The molecule has 4 nitrogen and oxygen atoms in total. The van der Waals surface area contributed by atoms with Crippen molar-refractivity contribution in [2.24, 2.45) is 0 Å². The van der Waals surface area contributed by atoms with Crippen LogP contribution >= 0.6 is 24.8 Å². The Morgan fingerprint density at radius 1 is 0.875 bits per heavy atom. The van der Waals surface area contributed by atoms with E-state index in [4.69, 9.17) is 4.74 Å². The van der Waals surface area contributed by atoms with E-state index in [9.17, 15) is 5.11 Å². The summed E-state index contributed by atoms with van der Waals surface area (Å²) in [6, 6.07) is 18.8. The van der Waals surface area contributed by atoms with Crippen molar-refractivity contribution in [2.45, 2.75) is 50.2 Å². The minimum absolute atomic E-state index is 0. The highest BCUT2D eigenvalue weighted by Crippen LogP contribution is 2.41. The van der Waals surface area contributed by atoms with Crippen LogP contribution in [0.4, 0.5) is 0 Å². The third-order valence-corrected chi connectivity index (χ3v) is 6.94. The van der Waals surface area contributed by atoms with Gasteiger partial charge in [0.15, 0.2) is 0 Å². The fraction of sp³-hybridized carbons (Fsp3) is 0.538. The number of likely N-dealkylation sites (N-methyl/N-ethyl adjacent to an activating group) is 1. The van der Waals surface area contributed by atoms with Gasteiger partial charge in [0.25, 0.3) is 0 Å². The van der Waals surface area contributed by atoms with E-state index in [-0.39, 0.29) is 30.7 Å². The number of halogens is 2. The van der Waals surface area contributed by atoms with Gasteiger partial charge in [-0.05, 0) is 43.1 Å². The summed E-state index contributed by atoms with van der Waals surface area (Å²) in [6.45, 7) is 5.90. The molecular formula is C26H38Cl2N2O2. The third kappa shape index (κ3) is 7.10. The zero-order valence-corrected chi connectivity index (χ0v) is 20.8. The molecule has 2 aromatic carbocycles. The molecule has 0 bridgehead atoms. The summed E-state index contributed by atoms with van der Waals surface area (Å²) in [5.41, 5.74) is 1.82. The minimum atomic E-state index is -0.589. The molecule has 1 unspecified atom stereocenters. The molecular weight excluding hydrogens is 443 g/mol. The first-order valence-electron chi connectivity index (χ1n) is 11.5. The van der Waals surface area contributed by atoms with Crippen LogP contribution in [0.25, 0.3) is 0 Å². The maximum Gasteiger partial charge on any atom is 0.119 e. The van der Waals surface area contributed by atoms with Crippen molar-refractivity contribution < 1.29 is 9.84 Å². The van der Waals surface area contributed by atoms with E-state index in [1.807, 2.05) is 18.2 Å². The van der Waals surface area contributed by atoms with Crippen LogP contribution in [-0.2, 0) is 6.61 Å². The number of ether oxygens (including phenoxy) is 1. The van der Waals surface area contributed by atoms with Gasteiger partial charge in [0.2, 0.25) is 0 Å². The molecule has 1 atom stereocenters. The Labute approximate surface area is 205 Å². The molecule has 2 aliphatic rings. The fourth-order valence-electron chi connectivity index (χ4n) is 4.92. The number of benzene rings is 2. The molecule has 0 spiro atoms. The second-order valence-electron chi connectivity index (χ2n) is 9.16. The Morgan fingerprint density at radius 3 is 2.12 bits per heavy atom. The Morgan fingerprint density at radius 2 is 1.50 bits per heavy atom. The van der Waals surface area contributed by atoms with E-state index in [2.05, 4.69) is 53.2 Å². The first-order valence-corrected chi connectivity index (χ1v) is 11.5. The number of rotatable bonds is 7. The Balaban J connectivity index is 0.00000181. The number of hydrogen-bond acceptors (Lipinski definition) is 4. The number of nitrogens with zero attached hydrogens (tertiary/aromatic N) is 2. The van der Waals surface area contributed by atoms with Crippen LogP contribution in [0.5, 0.6) is 5.75 Å². The first kappa shape index (κ1) is 26.9. The summed E-state index contributed by atoms with van der Waals surface area (Å²) in [6.07, 6.45) is 5.34. The van der Waals surface area contributed by atoms with Gasteiger partial charge in [-0.3, -0.25) is 0 Å². The average Bonchev–Trinajstić information content (AvgIpc) is 2.79. The molecule has 2 aromatic rings. The number of aliphatic hydroxyl groups is 1. The van der Waals surface area contributed by atoms with Crippen molar-refractivity contribution in [2.75, 3.05) is 39.8 Å². The molecule has 1 aliphatic heterocycles. The summed E-state index contributed by atoms with van der Waals surface area (Å²) in [5, 5.41) is 11.6. The quantitative estimate of drug-likeness (QED) is 0.595. The molecule has 1 heterocycles. The summed E-state index contributed by atoms with van der Waals surface area (Å²) in [4.78, 5) is 4.93. The predicted molar refractivity (Wildman–Crippen MR) is 136 cm³/mol. The predicted octanol–water partition coefficient (Wildman–Crippen LogP) is 5.14. The van der Waals surface area contributed by atoms with Gasteiger partial charge in [-0.15, -0.1) is 24.8 Å². The van der Waals surface area contributed by atoms with E-state index >= 15 is 0 Å². The van der Waals surface area contributed by atoms with Crippen LogP contribution in [-0.4, -0.2) is 60.3 Å². The van der Waals surface area contributed by atoms with E-state index in [1.54, 1.807) is 0 Å². The topological polar surface area (TPSA) is 35.9 Å². The summed E-state index contributed by atoms with van der Waals surface area (Å²) in [5.74, 6) is 1.04. The van der Waals surface area contributed by atoms with Crippen LogP contribution in [0.15, 0.2) is 54.6 Å². The normalized spacial score (nSPS) is 19.9. The Bertz CT molecular complexity index is 774. The van der Waals surface area contributed by atoms with Gasteiger partial charge in [-0.2, -0.15) is 0 Å². The molecule has 32 heavy (non-hydrogen) atoms. The van der Waals surface area contributed by atoms with Crippen LogP contribution in [0.1, 0.15) is 49.1 Å². The van der Waals surface area contributed by atoms with Crippen LogP contribution < -0.4 is 4.74 Å². The number of piperazine rings is 1. The lowest BCUT2D eigenvalue weighted by Crippen LogP contribution is -2.50. The van der Waals surface area contributed by atoms with Crippen molar-refractivity contribution in [3.05, 3.63) is 65.7 Å². The highest BCUT2D eigenvalue weighted by molar-refractivity contribution is 5.85. The Kier molecular flexibility index (Phi) is 10.8. The highest BCUT2D eigenvalue weighted by Gasteiger charge is 2.39. The lowest BCUT2D eigenvalue weighted by Gasteiger charge is -2.43. The largest absolute Gasteiger partial charge is 0.489 e. The summed E-state index contributed by atoms with van der Waals surface area (Å²) in [7, 11) is 2.19. The second-order valence-corrected chi connectivity index (χ2v) is 9.16. The molecule has 6 heteroatoms. The maximum atomic E-state index is 11.6. The van der Waals surface area contributed by atoms with Crippen molar-refractivity contribution in [1.29, 1.82) is 0 Å². The van der Waals surface area contributed by atoms with Gasteiger partial charge in [-0.1, -0.05) is 61.7 Å². The molecule has 1 N–H and O–H groups in total. The standard InChI is InChI=1S/C26H36N2O2.2ClH/c1-27-16-18-28(19-17-27)20-25(26(29)14-6-3-7-15-26)23-10-12-24(13-11-23)30-21-22-8-4-2-5-9-22;;/h2,4-5,8-13,25,29H,3,6-7,14-21H2,1H3;2*1H. The first-order chi connectivity index (χ1) is 14.6. The molecule has 2 fully saturated rings. The maximum absolute atomic E-state index is 11.6. The van der Waals surface area contributed by atoms with Crippen LogP contribution in [0.2, 0.25) is 0 Å². The van der Waals surface area contributed by atoms with Crippen LogP contribution in [0, 0.1) is 0 Å². The lowest BCUT2D eigenvalue weighted by atomic mass is 9.72. The van der Waals surface area contributed by atoms with E-state index < -0.39 is 5.60 Å². The SMILES string of the molecule is CN1CCN(CC(c2ccc(OCc3ccccc3)cc2)C2(O)CCCCC2)CC1.Cl.Cl. The van der Waals surface area contributed by atoms with Crippen molar-refractivity contribution >= 4 is 24.8 Å². The van der Waals surface area contributed by atoms with E-state index in [1.165, 1.54) is 17.5 Å². The van der Waals surface area contributed by atoms with Crippen molar-refractivity contribution in [3.63, 3.8) is 0 Å². The van der Waals surface area contributed by atoms with E-state index in [0.29, 0.717) is 6.61 Å². The molecule has 0 radical (unpaired) electrons. The fourth-order valence-corrected chi connectivity index (χ4v) is 4.92. The average molecular weight is 482 g/mol. The van der Waals surface area contributed by atoms with Gasteiger partial charge >= 0.3 is 0 Å². The van der Waals surface area contributed by atoms with Crippen molar-refractivity contribution in [1.82, 2.24) is 9.80 Å². The summed E-state index contributed by atoms with van der Waals surface area (Å²) < 4.78 is 5.98. The van der Waals surface area contributed by atoms with Crippen molar-refractivity contribution in [3.8, 4) is 5.75 Å². The summed E-state index contributed by atoms with van der Waals surface area (Å²) >= 11 is 0. The molecule has 1 saturated carbocycles. The van der Waals surface area contributed by atoms with Gasteiger partial charge in [0, 0.05) is 38.6 Å². The zero-order chi connectivity index (χ0) is 20.8. The van der Waals surface area contributed by atoms with Gasteiger partial charge < -0.3 is 19.6 Å².